The lowest BCUT2D eigenvalue weighted by atomic mass is 9.94. The Morgan fingerprint density at radius 1 is 0.654 bits per heavy atom. The van der Waals surface area contributed by atoms with E-state index in [4.69, 9.17) is 9.47 Å². The molecule has 0 amide bonds. The molecular weight excluding hydrogens is 322 g/mol. The topological polar surface area (TPSA) is 34.2 Å². The summed E-state index contributed by atoms with van der Waals surface area (Å²) in [4.78, 5) is 3.59. The molecule has 0 atom stereocenters. The van der Waals surface area contributed by atoms with E-state index < -0.39 is 0 Å². The minimum atomic E-state index is -0.334. The Balaban J connectivity index is 1.81. The Hall–Kier alpha value is -2.88. The molecule has 3 aromatic carbocycles. The van der Waals surface area contributed by atoms with E-state index in [2.05, 4.69) is 71.7 Å². The number of aromatic amines is 1. The van der Waals surface area contributed by atoms with Crippen LogP contribution >= 0.6 is 0 Å². The molecule has 26 heavy (non-hydrogen) atoms. The highest BCUT2D eigenvalue weighted by Gasteiger charge is 2.30. The Bertz CT molecular complexity index is 1150. The SMILES string of the molecule is c1ccc2c(c1)-c1ccccc1-c1c(C3OCCO3)[nH]c3cccc-2c13. The Morgan fingerprint density at radius 2 is 1.23 bits per heavy atom. The van der Waals surface area contributed by atoms with Gasteiger partial charge in [-0.3, -0.25) is 0 Å². The van der Waals surface area contributed by atoms with E-state index in [9.17, 15) is 0 Å². The second-order valence-corrected chi connectivity index (χ2v) is 6.81. The smallest absolute Gasteiger partial charge is 0.199 e. The van der Waals surface area contributed by atoms with Crippen LogP contribution in [0.1, 0.15) is 12.0 Å². The van der Waals surface area contributed by atoms with Crippen molar-refractivity contribution in [3.8, 4) is 33.4 Å². The maximum atomic E-state index is 5.85. The van der Waals surface area contributed by atoms with Gasteiger partial charge in [0.05, 0.1) is 18.9 Å². The summed E-state index contributed by atoms with van der Waals surface area (Å²) in [5.74, 6) is 0. The van der Waals surface area contributed by atoms with Crippen molar-refractivity contribution < 1.29 is 9.47 Å². The van der Waals surface area contributed by atoms with Crippen LogP contribution in [0.3, 0.4) is 0 Å². The lowest BCUT2D eigenvalue weighted by Gasteiger charge is -2.13. The van der Waals surface area contributed by atoms with Gasteiger partial charge in [0.2, 0.25) is 0 Å². The number of nitrogens with one attached hydrogen (secondary N) is 1. The maximum absolute atomic E-state index is 5.85. The molecule has 2 heterocycles. The Kier molecular flexibility index (Phi) is 2.92. The normalized spacial score (nSPS) is 15.7. The molecule has 1 N–H and O–H groups in total. The average Bonchev–Trinajstić information content (AvgIpc) is 3.32. The lowest BCUT2D eigenvalue weighted by molar-refractivity contribution is -0.0463. The molecule has 0 unspecified atom stereocenters. The van der Waals surface area contributed by atoms with Gasteiger partial charge in [-0.15, -0.1) is 0 Å². The van der Waals surface area contributed by atoms with E-state index in [-0.39, 0.29) is 6.29 Å². The number of fused-ring (bicyclic) bond motifs is 5. The molecule has 1 aliphatic carbocycles. The van der Waals surface area contributed by atoms with E-state index in [1.165, 1.54) is 38.8 Å². The van der Waals surface area contributed by atoms with Gasteiger partial charge < -0.3 is 14.5 Å². The standard InChI is InChI=1S/C23H17NO2/c1-2-7-15-14(6-1)16-8-3-4-9-18(16)21-20-17(15)10-5-11-19(20)24-22(21)23-25-12-13-26-23/h1-11,23-24H,12-13H2. The van der Waals surface area contributed by atoms with Gasteiger partial charge in [0.15, 0.2) is 6.29 Å². The zero-order valence-electron chi connectivity index (χ0n) is 14.2. The van der Waals surface area contributed by atoms with Crippen molar-refractivity contribution in [1.82, 2.24) is 4.98 Å². The second kappa shape index (κ2) is 5.31. The summed E-state index contributed by atoms with van der Waals surface area (Å²) < 4.78 is 11.7. The first kappa shape index (κ1) is 14.3. The number of hydrogen-bond acceptors (Lipinski definition) is 2. The number of benzene rings is 3. The molecule has 1 aromatic heterocycles. The molecule has 3 heteroatoms. The molecule has 2 aliphatic rings. The molecule has 4 aromatic rings. The molecule has 6 rings (SSSR count). The van der Waals surface area contributed by atoms with Crippen LogP contribution in [-0.2, 0) is 9.47 Å². The van der Waals surface area contributed by atoms with Crippen molar-refractivity contribution in [2.24, 2.45) is 0 Å². The highest BCUT2D eigenvalue weighted by Crippen LogP contribution is 2.50. The molecule has 0 radical (unpaired) electrons. The molecule has 126 valence electrons. The summed E-state index contributed by atoms with van der Waals surface area (Å²) in [6.07, 6.45) is -0.334. The van der Waals surface area contributed by atoms with E-state index in [0.29, 0.717) is 13.2 Å². The molecule has 0 saturated carbocycles. The highest BCUT2D eigenvalue weighted by atomic mass is 16.7. The van der Waals surface area contributed by atoms with Crippen LogP contribution < -0.4 is 0 Å². The van der Waals surface area contributed by atoms with E-state index in [1.807, 2.05) is 0 Å². The van der Waals surface area contributed by atoms with E-state index >= 15 is 0 Å². The van der Waals surface area contributed by atoms with Crippen LogP contribution in [0.4, 0.5) is 0 Å². The molecule has 3 nitrogen and oxygen atoms in total. The zero-order valence-corrected chi connectivity index (χ0v) is 14.2. The van der Waals surface area contributed by atoms with Crippen LogP contribution in [0.2, 0.25) is 0 Å². The predicted molar refractivity (Wildman–Crippen MR) is 103 cm³/mol. The van der Waals surface area contributed by atoms with Crippen LogP contribution in [0.5, 0.6) is 0 Å². The maximum Gasteiger partial charge on any atom is 0.199 e. The summed E-state index contributed by atoms with van der Waals surface area (Å²) in [6, 6.07) is 23.7. The first-order valence-electron chi connectivity index (χ1n) is 8.99. The first-order valence-corrected chi connectivity index (χ1v) is 8.99. The van der Waals surface area contributed by atoms with Crippen molar-refractivity contribution in [2.75, 3.05) is 13.2 Å². The summed E-state index contributed by atoms with van der Waals surface area (Å²) in [7, 11) is 0. The van der Waals surface area contributed by atoms with Crippen LogP contribution in [-0.4, -0.2) is 18.2 Å². The molecule has 0 spiro atoms. The molecular formula is C23H17NO2. The quantitative estimate of drug-likeness (QED) is 0.436. The van der Waals surface area contributed by atoms with Crippen molar-refractivity contribution in [3.05, 3.63) is 72.4 Å². The minimum Gasteiger partial charge on any atom is -0.354 e. The van der Waals surface area contributed by atoms with Crippen molar-refractivity contribution >= 4 is 10.9 Å². The number of hydrogen-bond donors (Lipinski definition) is 1. The third-order valence-corrected chi connectivity index (χ3v) is 5.41. The summed E-state index contributed by atoms with van der Waals surface area (Å²) >= 11 is 0. The summed E-state index contributed by atoms with van der Waals surface area (Å²) in [5, 5.41) is 1.25. The van der Waals surface area contributed by atoms with Gasteiger partial charge in [-0.25, -0.2) is 0 Å². The third kappa shape index (κ3) is 1.84. The van der Waals surface area contributed by atoms with Gasteiger partial charge in [0, 0.05) is 16.5 Å². The Labute approximate surface area is 151 Å². The van der Waals surface area contributed by atoms with Gasteiger partial charge in [-0.05, 0) is 33.9 Å². The van der Waals surface area contributed by atoms with Crippen molar-refractivity contribution in [1.29, 1.82) is 0 Å². The molecule has 1 fully saturated rings. The Morgan fingerprint density at radius 3 is 1.96 bits per heavy atom. The lowest BCUT2D eigenvalue weighted by Crippen LogP contribution is -2.00. The number of H-pyrrole nitrogens is 1. The third-order valence-electron chi connectivity index (χ3n) is 5.41. The zero-order chi connectivity index (χ0) is 17.1. The minimum absolute atomic E-state index is 0.334. The fraction of sp³-hybridized carbons (Fsp3) is 0.130. The highest BCUT2D eigenvalue weighted by molar-refractivity contribution is 6.13. The second-order valence-electron chi connectivity index (χ2n) is 6.81. The number of ether oxygens (including phenoxy) is 2. The number of aromatic nitrogens is 1. The monoisotopic (exact) mass is 339 g/mol. The van der Waals surface area contributed by atoms with Gasteiger partial charge in [0.1, 0.15) is 0 Å². The molecule has 0 bridgehead atoms. The van der Waals surface area contributed by atoms with E-state index in [1.54, 1.807) is 0 Å². The predicted octanol–water partition coefficient (Wildman–Crippen LogP) is 5.53. The van der Waals surface area contributed by atoms with Crippen LogP contribution in [0.25, 0.3) is 44.3 Å². The fourth-order valence-electron chi connectivity index (χ4n) is 4.36. The van der Waals surface area contributed by atoms with Gasteiger partial charge >= 0.3 is 0 Å². The van der Waals surface area contributed by atoms with Gasteiger partial charge in [-0.2, -0.15) is 0 Å². The van der Waals surface area contributed by atoms with Crippen molar-refractivity contribution in [2.45, 2.75) is 6.29 Å². The average molecular weight is 339 g/mol. The van der Waals surface area contributed by atoms with Crippen molar-refractivity contribution in [3.63, 3.8) is 0 Å². The molecule has 1 saturated heterocycles. The number of rotatable bonds is 1. The van der Waals surface area contributed by atoms with Crippen LogP contribution in [0.15, 0.2) is 66.7 Å². The summed E-state index contributed by atoms with van der Waals surface area (Å²) in [5.41, 5.74) is 9.61. The van der Waals surface area contributed by atoms with E-state index in [0.717, 1.165) is 11.2 Å². The summed E-state index contributed by atoms with van der Waals surface area (Å²) in [6.45, 7) is 1.27. The fourth-order valence-corrected chi connectivity index (χ4v) is 4.36. The van der Waals surface area contributed by atoms with Gasteiger partial charge in [-0.1, -0.05) is 60.7 Å². The first-order chi connectivity index (χ1) is 12.9. The molecule has 1 aliphatic heterocycles. The van der Waals surface area contributed by atoms with Crippen LogP contribution in [0, 0.1) is 0 Å². The largest absolute Gasteiger partial charge is 0.354 e. The van der Waals surface area contributed by atoms with Gasteiger partial charge in [0.25, 0.3) is 0 Å².